The van der Waals surface area contributed by atoms with Gasteiger partial charge in [-0.2, -0.15) is 0 Å². The van der Waals surface area contributed by atoms with E-state index in [1.165, 1.54) is 12.1 Å². The maximum atomic E-state index is 11.9. The normalized spacial score (nSPS) is 11.3. The zero-order valence-corrected chi connectivity index (χ0v) is 12.8. The van der Waals surface area contributed by atoms with Crippen LogP contribution in [0.15, 0.2) is 40.6 Å². The molecule has 2 N–H and O–H groups in total. The molecule has 0 saturated heterocycles. The molecule has 5 nitrogen and oxygen atoms in total. The van der Waals surface area contributed by atoms with Crippen molar-refractivity contribution >= 4 is 38.9 Å². The Hall–Kier alpha value is -1.41. The maximum absolute atomic E-state index is 11.9. The Morgan fingerprint density at radius 1 is 1.20 bits per heavy atom. The van der Waals surface area contributed by atoms with Gasteiger partial charge in [0.1, 0.15) is 4.21 Å². The van der Waals surface area contributed by atoms with Crippen molar-refractivity contribution < 1.29 is 13.2 Å². The minimum absolute atomic E-state index is 0.0348. The molecule has 0 fully saturated rings. The summed E-state index contributed by atoms with van der Waals surface area (Å²) in [5.41, 5.74) is 3.33. The standard InChI is InChI=1S/C12H11ClN2O3S2/c1-8-4-2-3-5-9(8)12(16)14-15-20(17,18)11-7-6-10(13)19-11/h2-7,15H,1H3,(H,14,16). The number of hydrogen-bond acceptors (Lipinski definition) is 4. The molecular weight excluding hydrogens is 320 g/mol. The van der Waals surface area contributed by atoms with Crippen LogP contribution in [0.1, 0.15) is 15.9 Å². The number of carbonyl (C=O) groups is 1. The van der Waals surface area contributed by atoms with E-state index >= 15 is 0 Å². The highest BCUT2D eigenvalue weighted by Gasteiger charge is 2.18. The van der Waals surface area contributed by atoms with Gasteiger partial charge in [0.2, 0.25) is 0 Å². The SMILES string of the molecule is Cc1ccccc1C(=O)NNS(=O)(=O)c1ccc(Cl)s1. The lowest BCUT2D eigenvalue weighted by molar-refractivity contribution is 0.0944. The van der Waals surface area contributed by atoms with Crippen LogP contribution in [0, 0.1) is 6.92 Å². The van der Waals surface area contributed by atoms with Gasteiger partial charge in [0, 0.05) is 5.56 Å². The van der Waals surface area contributed by atoms with Crippen LogP contribution in [0.3, 0.4) is 0 Å². The minimum Gasteiger partial charge on any atom is -0.273 e. The molecule has 0 atom stereocenters. The highest BCUT2D eigenvalue weighted by molar-refractivity contribution is 7.91. The maximum Gasteiger partial charge on any atom is 0.266 e. The molecule has 0 radical (unpaired) electrons. The average molecular weight is 331 g/mol. The van der Waals surface area contributed by atoms with E-state index in [1.54, 1.807) is 31.2 Å². The monoisotopic (exact) mass is 330 g/mol. The third-order valence-corrected chi connectivity index (χ3v) is 5.47. The fraction of sp³-hybridized carbons (Fsp3) is 0.0833. The number of halogens is 1. The number of carbonyl (C=O) groups excluding carboxylic acids is 1. The van der Waals surface area contributed by atoms with Crippen molar-refractivity contribution in [3.63, 3.8) is 0 Å². The smallest absolute Gasteiger partial charge is 0.266 e. The van der Waals surface area contributed by atoms with Gasteiger partial charge < -0.3 is 0 Å². The Morgan fingerprint density at radius 2 is 1.90 bits per heavy atom. The topological polar surface area (TPSA) is 75.3 Å². The first-order chi connectivity index (χ1) is 9.40. The quantitative estimate of drug-likeness (QED) is 0.845. The molecule has 0 aliphatic rings. The zero-order valence-electron chi connectivity index (χ0n) is 10.4. The Bertz CT molecular complexity index is 741. The first kappa shape index (κ1) is 15.0. The lowest BCUT2D eigenvalue weighted by Crippen LogP contribution is -2.41. The van der Waals surface area contributed by atoms with Crippen LogP contribution in [0.25, 0.3) is 0 Å². The van der Waals surface area contributed by atoms with E-state index in [2.05, 4.69) is 5.43 Å². The Morgan fingerprint density at radius 3 is 2.50 bits per heavy atom. The van der Waals surface area contributed by atoms with E-state index in [1.807, 2.05) is 4.83 Å². The van der Waals surface area contributed by atoms with Gasteiger partial charge in [-0.25, -0.2) is 8.42 Å². The molecule has 0 aliphatic carbocycles. The number of hydrogen-bond donors (Lipinski definition) is 2. The van der Waals surface area contributed by atoms with E-state index in [0.717, 1.165) is 16.9 Å². The third kappa shape index (κ3) is 3.37. The van der Waals surface area contributed by atoms with Crippen molar-refractivity contribution in [2.45, 2.75) is 11.1 Å². The molecule has 0 saturated carbocycles. The number of aryl methyl sites for hydroxylation is 1. The summed E-state index contributed by atoms with van der Waals surface area (Å²) >= 11 is 6.59. The van der Waals surface area contributed by atoms with E-state index in [-0.39, 0.29) is 4.21 Å². The van der Waals surface area contributed by atoms with Gasteiger partial charge in [-0.15, -0.1) is 16.2 Å². The van der Waals surface area contributed by atoms with E-state index in [4.69, 9.17) is 11.6 Å². The van der Waals surface area contributed by atoms with Crippen LogP contribution >= 0.6 is 22.9 Å². The van der Waals surface area contributed by atoms with Crippen molar-refractivity contribution in [3.05, 3.63) is 51.9 Å². The number of thiophene rings is 1. The van der Waals surface area contributed by atoms with Crippen LogP contribution in [0.2, 0.25) is 4.34 Å². The molecule has 0 spiro atoms. The molecule has 1 aromatic heterocycles. The number of nitrogens with one attached hydrogen (secondary N) is 2. The lowest BCUT2D eigenvalue weighted by Gasteiger charge is -2.08. The van der Waals surface area contributed by atoms with E-state index in [9.17, 15) is 13.2 Å². The van der Waals surface area contributed by atoms with Crippen LogP contribution in [-0.2, 0) is 10.0 Å². The average Bonchev–Trinajstić information content (AvgIpc) is 2.84. The van der Waals surface area contributed by atoms with Crippen molar-refractivity contribution in [3.8, 4) is 0 Å². The van der Waals surface area contributed by atoms with Crippen LogP contribution < -0.4 is 10.3 Å². The predicted molar refractivity (Wildman–Crippen MR) is 78.3 cm³/mol. The molecule has 20 heavy (non-hydrogen) atoms. The molecule has 8 heteroatoms. The van der Waals surface area contributed by atoms with Gasteiger partial charge in [-0.05, 0) is 30.7 Å². The summed E-state index contributed by atoms with van der Waals surface area (Å²) in [7, 11) is -3.80. The summed E-state index contributed by atoms with van der Waals surface area (Å²) < 4.78 is 24.2. The second kappa shape index (κ2) is 5.92. The molecule has 1 heterocycles. The van der Waals surface area contributed by atoms with Gasteiger partial charge in [-0.3, -0.25) is 10.2 Å². The highest BCUT2D eigenvalue weighted by atomic mass is 35.5. The fourth-order valence-corrected chi connectivity index (χ4v) is 3.82. The zero-order chi connectivity index (χ0) is 14.8. The second-order valence-corrected chi connectivity index (χ2v) is 7.56. The Labute approximate surface area is 125 Å². The molecule has 0 bridgehead atoms. The van der Waals surface area contributed by atoms with Crippen molar-refractivity contribution in [2.24, 2.45) is 0 Å². The number of hydrazine groups is 1. The van der Waals surface area contributed by atoms with Gasteiger partial charge >= 0.3 is 0 Å². The highest BCUT2D eigenvalue weighted by Crippen LogP contribution is 2.24. The molecule has 2 aromatic rings. The van der Waals surface area contributed by atoms with Crippen molar-refractivity contribution in [2.75, 3.05) is 0 Å². The molecule has 106 valence electrons. The number of amides is 1. The van der Waals surface area contributed by atoms with Crippen LogP contribution in [0.4, 0.5) is 0 Å². The van der Waals surface area contributed by atoms with Crippen LogP contribution in [-0.4, -0.2) is 14.3 Å². The van der Waals surface area contributed by atoms with Gasteiger partial charge in [0.25, 0.3) is 15.9 Å². The summed E-state index contributed by atoms with van der Waals surface area (Å²) in [5, 5.41) is 0. The molecule has 0 unspecified atom stereocenters. The Kier molecular flexibility index (Phi) is 4.44. The van der Waals surface area contributed by atoms with E-state index < -0.39 is 15.9 Å². The number of rotatable bonds is 4. The summed E-state index contributed by atoms with van der Waals surface area (Å²) in [6.45, 7) is 1.77. The molecule has 1 aromatic carbocycles. The minimum atomic E-state index is -3.80. The Balaban J connectivity index is 2.09. The molecular formula is C12H11ClN2O3S2. The number of sulfonamides is 1. The van der Waals surface area contributed by atoms with Gasteiger partial charge in [0.05, 0.1) is 4.34 Å². The lowest BCUT2D eigenvalue weighted by atomic mass is 10.1. The van der Waals surface area contributed by atoms with Crippen LogP contribution in [0.5, 0.6) is 0 Å². The number of benzene rings is 1. The largest absolute Gasteiger partial charge is 0.273 e. The summed E-state index contributed by atoms with van der Waals surface area (Å²) in [4.78, 5) is 13.9. The summed E-state index contributed by atoms with van der Waals surface area (Å²) in [6, 6.07) is 9.72. The first-order valence-corrected chi connectivity index (χ1v) is 8.21. The molecule has 2 rings (SSSR count). The second-order valence-electron chi connectivity index (χ2n) is 3.93. The summed E-state index contributed by atoms with van der Waals surface area (Å²) in [6.07, 6.45) is 0. The molecule has 1 amide bonds. The van der Waals surface area contributed by atoms with Gasteiger partial charge in [0.15, 0.2) is 0 Å². The van der Waals surface area contributed by atoms with E-state index in [0.29, 0.717) is 9.90 Å². The summed E-state index contributed by atoms with van der Waals surface area (Å²) in [5.74, 6) is -0.519. The van der Waals surface area contributed by atoms with Gasteiger partial charge in [-0.1, -0.05) is 29.8 Å². The molecule has 0 aliphatic heterocycles. The predicted octanol–water partition coefficient (Wildman–Crippen LogP) is 2.33. The van der Waals surface area contributed by atoms with Crippen molar-refractivity contribution in [1.29, 1.82) is 0 Å². The first-order valence-electron chi connectivity index (χ1n) is 5.53. The van der Waals surface area contributed by atoms with Crippen molar-refractivity contribution in [1.82, 2.24) is 10.3 Å². The third-order valence-electron chi connectivity index (χ3n) is 2.50. The fourth-order valence-electron chi connectivity index (χ4n) is 1.50.